The first-order valence-corrected chi connectivity index (χ1v) is 12.2. The highest BCUT2D eigenvalue weighted by Gasteiger charge is 2.24. The van der Waals surface area contributed by atoms with Gasteiger partial charge in [0.15, 0.2) is 16.6 Å². The standard InChI is InChI=1S/C21H20ClN3O4S2/c1-30-9-6-14(23-19(26)12-4-2-3-5-13(12)22)20(27)25-21-24-15-10-16-17(11-18(15)31-21)29-8-7-28-16/h2-5,10-11,14H,6-9H2,1H3,(H,23,26)(H,24,25,27)/t14-/m0/s1. The van der Waals surface area contributed by atoms with Crippen LogP contribution in [0, 0.1) is 0 Å². The Kier molecular flexibility index (Phi) is 6.84. The van der Waals surface area contributed by atoms with Crippen LogP contribution in [0.15, 0.2) is 36.4 Å². The summed E-state index contributed by atoms with van der Waals surface area (Å²) >= 11 is 9.06. The van der Waals surface area contributed by atoms with Gasteiger partial charge in [0.2, 0.25) is 5.91 Å². The lowest BCUT2D eigenvalue weighted by atomic mass is 10.1. The lowest BCUT2D eigenvalue weighted by molar-refractivity contribution is -0.118. The zero-order valence-electron chi connectivity index (χ0n) is 16.6. The summed E-state index contributed by atoms with van der Waals surface area (Å²) in [6, 6.07) is 9.69. The molecule has 1 aliphatic heterocycles. The first-order chi connectivity index (χ1) is 15.0. The van der Waals surface area contributed by atoms with Crippen molar-refractivity contribution in [2.24, 2.45) is 0 Å². The van der Waals surface area contributed by atoms with Crippen LogP contribution in [-0.2, 0) is 4.79 Å². The lowest BCUT2D eigenvalue weighted by Crippen LogP contribution is -2.44. The number of anilines is 1. The molecule has 2 aromatic carbocycles. The van der Waals surface area contributed by atoms with Crippen LogP contribution >= 0.6 is 34.7 Å². The zero-order valence-corrected chi connectivity index (χ0v) is 19.0. The molecule has 162 valence electrons. The monoisotopic (exact) mass is 477 g/mol. The van der Waals surface area contributed by atoms with Gasteiger partial charge in [0.25, 0.3) is 5.91 Å². The number of hydrogen-bond acceptors (Lipinski definition) is 7. The molecule has 0 saturated carbocycles. The molecule has 0 aliphatic carbocycles. The molecule has 10 heteroatoms. The first kappa shape index (κ1) is 21.7. The highest BCUT2D eigenvalue weighted by Crippen LogP contribution is 2.37. The number of nitrogens with one attached hydrogen (secondary N) is 2. The summed E-state index contributed by atoms with van der Waals surface area (Å²) in [6.07, 6.45) is 2.42. The predicted octanol–water partition coefficient (Wildman–Crippen LogP) is 4.21. The third-order valence-corrected chi connectivity index (χ3v) is 6.54. The van der Waals surface area contributed by atoms with Gasteiger partial charge in [-0.05, 0) is 30.6 Å². The highest BCUT2D eigenvalue weighted by atomic mass is 35.5. The summed E-state index contributed by atoms with van der Waals surface area (Å²) in [5.74, 6) is 1.31. The number of hydrogen-bond donors (Lipinski definition) is 2. The molecule has 0 radical (unpaired) electrons. The molecule has 0 bridgehead atoms. The van der Waals surface area contributed by atoms with E-state index in [9.17, 15) is 9.59 Å². The third kappa shape index (κ3) is 5.06. The van der Waals surface area contributed by atoms with Gasteiger partial charge in [0.05, 0.1) is 20.8 Å². The molecular formula is C21H20ClN3O4S2. The van der Waals surface area contributed by atoms with E-state index in [0.29, 0.717) is 58.1 Å². The van der Waals surface area contributed by atoms with E-state index in [-0.39, 0.29) is 5.91 Å². The number of amides is 2. The number of halogens is 1. The Hall–Kier alpha value is -2.49. The number of rotatable bonds is 7. The summed E-state index contributed by atoms with van der Waals surface area (Å²) in [5.41, 5.74) is 1.04. The Morgan fingerprint density at radius 2 is 1.97 bits per heavy atom. The fourth-order valence-electron chi connectivity index (χ4n) is 3.10. The molecular weight excluding hydrogens is 458 g/mol. The van der Waals surface area contributed by atoms with Crippen LogP contribution in [0.1, 0.15) is 16.8 Å². The third-order valence-electron chi connectivity index (χ3n) is 4.63. The second kappa shape index (κ2) is 9.76. The molecule has 7 nitrogen and oxygen atoms in total. The molecule has 1 aliphatic rings. The van der Waals surface area contributed by atoms with Crippen molar-refractivity contribution < 1.29 is 19.1 Å². The molecule has 1 aromatic heterocycles. The quantitative estimate of drug-likeness (QED) is 0.529. The number of carbonyl (C=O) groups is 2. The smallest absolute Gasteiger partial charge is 0.253 e. The molecule has 0 spiro atoms. The van der Waals surface area contributed by atoms with Gasteiger partial charge >= 0.3 is 0 Å². The lowest BCUT2D eigenvalue weighted by Gasteiger charge is -2.17. The van der Waals surface area contributed by atoms with Crippen LogP contribution in [-0.4, -0.2) is 48.1 Å². The van der Waals surface area contributed by atoms with Crippen molar-refractivity contribution in [2.75, 3.05) is 30.5 Å². The van der Waals surface area contributed by atoms with E-state index in [1.165, 1.54) is 11.3 Å². The van der Waals surface area contributed by atoms with E-state index in [0.717, 1.165) is 4.70 Å². The maximum atomic E-state index is 13.0. The second-order valence-corrected chi connectivity index (χ2v) is 9.18. The van der Waals surface area contributed by atoms with Crippen molar-refractivity contribution >= 4 is 61.9 Å². The van der Waals surface area contributed by atoms with Crippen LogP contribution < -0.4 is 20.1 Å². The van der Waals surface area contributed by atoms with E-state index < -0.39 is 11.9 Å². The van der Waals surface area contributed by atoms with Crippen molar-refractivity contribution in [1.29, 1.82) is 0 Å². The van der Waals surface area contributed by atoms with Crippen LogP contribution in [0.3, 0.4) is 0 Å². The van der Waals surface area contributed by atoms with Gasteiger partial charge < -0.3 is 20.1 Å². The number of benzene rings is 2. The van der Waals surface area contributed by atoms with Gasteiger partial charge in [-0.15, -0.1) is 0 Å². The minimum absolute atomic E-state index is 0.328. The SMILES string of the molecule is CSCC[C@H](NC(=O)c1ccccc1Cl)C(=O)Nc1nc2cc3c(cc2s1)OCCO3. The van der Waals surface area contributed by atoms with E-state index in [1.54, 1.807) is 42.1 Å². The number of aromatic nitrogens is 1. The Morgan fingerprint density at radius 3 is 2.71 bits per heavy atom. The van der Waals surface area contributed by atoms with Gasteiger partial charge in [0, 0.05) is 12.1 Å². The Labute approximate surface area is 192 Å². The van der Waals surface area contributed by atoms with Crippen LogP contribution in [0.2, 0.25) is 5.02 Å². The van der Waals surface area contributed by atoms with E-state index >= 15 is 0 Å². The fraction of sp³-hybridized carbons (Fsp3) is 0.286. The topological polar surface area (TPSA) is 89.6 Å². The predicted molar refractivity (Wildman–Crippen MR) is 125 cm³/mol. The summed E-state index contributed by atoms with van der Waals surface area (Å²) < 4.78 is 12.1. The molecule has 0 unspecified atom stereocenters. The van der Waals surface area contributed by atoms with Crippen molar-refractivity contribution in [1.82, 2.24) is 10.3 Å². The molecule has 3 aromatic rings. The van der Waals surface area contributed by atoms with Gasteiger partial charge in [-0.1, -0.05) is 35.1 Å². The van der Waals surface area contributed by atoms with E-state index in [1.807, 2.05) is 12.3 Å². The number of nitrogens with zero attached hydrogens (tertiary/aromatic N) is 1. The highest BCUT2D eigenvalue weighted by molar-refractivity contribution is 7.98. The Balaban J connectivity index is 1.50. The van der Waals surface area contributed by atoms with Crippen LogP contribution in [0.25, 0.3) is 10.2 Å². The maximum absolute atomic E-state index is 13.0. The van der Waals surface area contributed by atoms with Crippen molar-refractivity contribution in [3.05, 3.63) is 47.0 Å². The molecule has 2 N–H and O–H groups in total. The van der Waals surface area contributed by atoms with Gasteiger partial charge in [-0.25, -0.2) is 4.98 Å². The molecule has 1 atom stereocenters. The van der Waals surface area contributed by atoms with Crippen LogP contribution in [0.5, 0.6) is 11.5 Å². The van der Waals surface area contributed by atoms with Gasteiger partial charge in [-0.2, -0.15) is 11.8 Å². The molecule has 0 saturated heterocycles. The largest absolute Gasteiger partial charge is 0.486 e. The van der Waals surface area contributed by atoms with Gasteiger partial charge in [0.1, 0.15) is 19.3 Å². The minimum Gasteiger partial charge on any atom is -0.486 e. The second-order valence-electron chi connectivity index (χ2n) is 6.76. The van der Waals surface area contributed by atoms with E-state index in [4.69, 9.17) is 21.1 Å². The summed E-state index contributed by atoms with van der Waals surface area (Å²) in [4.78, 5) is 30.1. The number of fused-ring (bicyclic) bond motifs is 2. The Morgan fingerprint density at radius 1 is 1.23 bits per heavy atom. The van der Waals surface area contributed by atoms with Crippen LogP contribution in [0.4, 0.5) is 5.13 Å². The summed E-state index contributed by atoms with van der Waals surface area (Å²) in [7, 11) is 0. The molecule has 2 amide bonds. The molecule has 0 fully saturated rings. The molecule has 2 heterocycles. The zero-order chi connectivity index (χ0) is 21.8. The maximum Gasteiger partial charge on any atom is 0.253 e. The first-order valence-electron chi connectivity index (χ1n) is 9.60. The average Bonchev–Trinajstić information content (AvgIpc) is 3.15. The van der Waals surface area contributed by atoms with E-state index in [2.05, 4.69) is 15.6 Å². The average molecular weight is 478 g/mol. The fourth-order valence-corrected chi connectivity index (χ4v) is 4.67. The normalized spacial score (nSPS) is 13.6. The van der Waals surface area contributed by atoms with Crippen molar-refractivity contribution in [3.63, 3.8) is 0 Å². The van der Waals surface area contributed by atoms with Gasteiger partial charge in [-0.3, -0.25) is 9.59 Å². The molecule has 31 heavy (non-hydrogen) atoms. The number of thioether (sulfide) groups is 1. The van der Waals surface area contributed by atoms with Crippen molar-refractivity contribution in [3.8, 4) is 11.5 Å². The summed E-state index contributed by atoms with van der Waals surface area (Å²) in [6.45, 7) is 0.998. The van der Waals surface area contributed by atoms with Crippen molar-refractivity contribution in [2.45, 2.75) is 12.5 Å². The Bertz CT molecular complexity index is 1080. The minimum atomic E-state index is -0.719. The number of carbonyl (C=O) groups excluding carboxylic acids is 2. The number of thiazole rings is 1. The number of ether oxygens (including phenoxy) is 2. The summed E-state index contributed by atoms with van der Waals surface area (Å²) in [5, 5.41) is 6.41. The molecule has 4 rings (SSSR count).